The first-order valence-electron chi connectivity index (χ1n) is 7.86. The van der Waals surface area contributed by atoms with Crippen molar-refractivity contribution in [3.8, 4) is 0 Å². The van der Waals surface area contributed by atoms with Crippen LogP contribution in [0.5, 0.6) is 0 Å². The molecule has 0 unspecified atom stereocenters. The van der Waals surface area contributed by atoms with E-state index >= 15 is 0 Å². The molecule has 118 valence electrons. The van der Waals surface area contributed by atoms with Gasteiger partial charge in [-0.25, -0.2) is 4.98 Å². The predicted octanol–water partition coefficient (Wildman–Crippen LogP) is 1.99. The van der Waals surface area contributed by atoms with Gasteiger partial charge in [0.05, 0.1) is 6.54 Å². The van der Waals surface area contributed by atoms with Crippen LogP contribution in [0.2, 0.25) is 0 Å². The molecule has 2 N–H and O–H groups in total. The Balaban J connectivity index is 1.65. The quantitative estimate of drug-likeness (QED) is 0.645. The fourth-order valence-corrected chi connectivity index (χ4v) is 3.28. The van der Waals surface area contributed by atoms with Crippen molar-refractivity contribution in [3.63, 3.8) is 0 Å². The van der Waals surface area contributed by atoms with E-state index in [0.29, 0.717) is 0 Å². The number of thiazole rings is 1. The predicted molar refractivity (Wildman–Crippen MR) is 90.0 cm³/mol. The third-order valence-corrected chi connectivity index (χ3v) is 4.63. The molecule has 1 fully saturated rings. The molecule has 2 heterocycles. The summed E-state index contributed by atoms with van der Waals surface area (Å²) in [5, 5.41) is 7.81. The minimum atomic E-state index is 0.738. The van der Waals surface area contributed by atoms with Gasteiger partial charge in [-0.1, -0.05) is 12.8 Å². The Morgan fingerprint density at radius 2 is 2.05 bits per heavy atom. The van der Waals surface area contributed by atoms with Crippen LogP contribution in [0.15, 0.2) is 11.2 Å². The maximum Gasteiger partial charge on any atom is 0.191 e. The van der Waals surface area contributed by atoms with Crippen molar-refractivity contribution in [1.82, 2.24) is 20.5 Å². The highest BCUT2D eigenvalue weighted by Crippen LogP contribution is 2.10. The molecule has 1 aliphatic heterocycles. The molecule has 0 spiro atoms. The molecule has 1 aromatic rings. The number of guanidine groups is 1. The lowest BCUT2D eigenvalue weighted by atomic mass is 10.2. The second-order valence-electron chi connectivity index (χ2n) is 5.47. The van der Waals surface area contributed by atoms with E-state index in [-0.39, 0.29) is 0 Å². The summed E-state index contributed by atoms with van der Waals surface area (Å²) in [4.78, 5) is 12.4. The van der Waals surface area contributed by atoms with Crippen molar-refractivity contribution in [1.29, 1.82) is 0 Å². The lowest BCUT2D eigenvalue weighted by Gasteiger charge is -2.20. The summed E-state index contributed by atoms with van der Waals surface area (Å²) < 4.78 is 0. The largest absolute Gasteiger partial charge is 0.355 e. The maximum atomic E-state index is 4.35. The highest BCUT2D eigenvalue weighted by atomic mass is 32.1. The van der Waals surface area contributed by atoms with Crippen LogP contribution in [0.3, 0.4) is 0 Å². The van der Waals surface area contributed by atoms with Gasteiger partial charge >= 0.3 is 0 Å². The van der Waals surface area contributed by atoms with Crippen LogP contribution >= 0.6 is 11.3 Å². The van der Waals surface area contributed by atoms with Crippen molar-refractivity contribution in [2.24, 2.45) is 4.99 Å². The van der Waals surface area contributed by atoms with E-state index in [9.17, 15) is 0 Å². The number of rotatable bonds is 5. The molecule has 1 saturated heterocycles. The number of aliphatic imine (C=N–C) groups is 1. The highest BCUT2D eigenvalue weighted by Gasteiger charge is 2.08. The minimum absolute atomic E-state index is 0.738. The summed E-state index contributed by atoms with van der Waals surface area (Å²) in [5.74, 6) is 0.859. The first-order valence-corrected chi connectivity index (χ1v) is 8.68. The third-order valence-electron chi connectivity index (χ3n) is 3.72. The Kier molecular flexibility index (Phi) is 6.95. The van der Waals surface area contributed by atoms with Crippen LogP contribution in [0.1, 0.15) is 35.6 Å². The zero-order valence-electron chi connectivity index (χ0n) is 13.2. The molecule has 6 heteroatoms. The van der Waals surface area contributed by atoms with Gasteiger partial charge in [-0.3, -0.25) is 4.99 Å². The molecule has 0 aliphatic carbocycles. The topological polar surface area (TPSA) is 52.6 Å². The van der Waals surface area contributed by atoms with E-state index in [2.05, 4.69) is 32.4 Å². The van der Waals surface area contributed by atoms with Gasteiger partial charge in [-0.2, -0.15) is 0 Å². The molecule has 0 atom stereocenters. The van der Waals surface area contributed by atoms with Crippen LogP contribution in [0.25, 0.3) is 0 Å². The molecule has 0 aromatic carbocycles. The number of aromatic nitrogens is 1. The van der Waals surface area contributed by atoms with Gasteiger partial charge in [0.2, 0.25) is 0 Å². The molecule has 5 nitrogen and oxygen atoms in total. The molecular formula is C15H27N5S. The summed E-state index contributed by atoms with van der Waals surface area (Å²) in [7, 11) is 1.81. The Morgan fingerprint density at radius 3 is 2.67 bits per heavy atom. The molecule has 2 rings (SSSR count). The van der Waals surface area contributed by atoms with Crippen molar-refractivity contribution in [2.45, 2.75) is 39.2 Å². The van der Waals surface area contributed by atoms with E-state index < -0.39 is 0 Å². The molecular weight excluding hydrogens is 282 g/mol. The van der Waals surface area contributed by atoms with Crippen molar-refractivity contribution in [3.05, 3.63) is 16.1 Å². The van der Waals surface area contributed by atoms with E-state index in [1.54, 1.807) is 11.3 Å². The van der Waals surface area contributed by atoms with Crippen LogP contribution in [-0.2, 0) is 6.54 Å². The molecule has 0 amide bonds. The standard InChI is InChI=1S/C15H27N5S/c1-13-11-18-14(21-13)12-19-15(16-2)17-7-10-20-8-5-3-4-6-9-20/h11H,3-10,12H2,1-2H3,(H2,16,17,19). The molecule has 1 aromatic heterocycles. The summed E-state index contributed by atoms with van der Waals surface area (Å²) in [6.07, 6.45) is 7.38. The number of hydrogen-bond acceptors (Lipinski definition) is 4. The number of nitrogens with zero attached hydrogens (tertiary/aromatic N) is 3. The van der Waals surface area contributed by atoms with Gasteiger partial charge < -0.3 is 15.5 Å². The Hall–Kier alpha value is -1.14. The van der Waals surface area contributed by atoms with Gasteiger partial charge in [0, 0.05) is 31.2 Å². The van der Waals surface area contributed by atoms with Crippen LogP contribution < -0.4 is 10.6 Å². The second kappa shape index (κ2) is 9.00. The number of aryl methyl sites for hydroxylation is 1. The van der Waals surface area contributed by atoms with Gasteiger partial charge in [0.15, 0.2) is 5.96 Å². The van der Waals surface area contributed by atoms with Crippen LogP contribution in [0.4, 0.5) is 0 Å². The summed E-state index contributed by atoms with van der Waals surface area (Å²) in [5.41, 5.74) is 0. The number of likely N-dealkylation sites (tertiary alicyclic amines) is 1. The fraction of sp³-hybridized carbons (Fsp3) is 0.733. The van der Waals surface area contributed by atoms with Crippen molar-refractivity contribution >= 4 is 17.3 Å². The van der Waals surface area contributed by atoms with Crippen LogP contribution in [-0.4, -0.2) is 49.1 Å². The number of hydrogen-bond donors (Lipinski definition) is 2. The van der Waals surface area contributed by atoms with E-state index in [1.165, 1.54) is 43.6 Å². The monoisotopic (exact) mass is 309 g/mol. The van der Waals surface area contributed by atoms with Gasteiger partial charge in [0.1, 0.15) is 5.01 Å². The summed E-state index contributed by atoms with van der Waals surface area (Å²) >= 11 is 1.72. The normalized spacial score (nSPS) is 17.5. The van der Waals surface area contributed by atoms with Crippen molar-refractivity contribution in [2.75, 3.05) is 33.2 Å². The lowest BCUT2D eigenvalue weighted by molar-refractivity contribution is 0.289. The Morgan fingerprint density at radius 1 is 1.29 bits per heavy atom. The van der Waals surface area contributed by atoms with Gasteiger partial charge in [-0.05, 0) is 32.9 Å². The smallest absolute Gasteiger partial charge is 0.191 e. The fourth-order valence-electron chi connectivity index (χ4n) is 2.56. The summed E-state index contributed by atoms with van der Waals surface area (Å²) in [6, 6.07) is 0. The zero-order chi connectivity index (χ0) is 14.9. The van der Waals surface area contributed by atoms with Gasteiger partial charge in [-0.15, -0.1) is 11.3 Å². The first kappa shape index (κ1) is 16.2. The molecule has 0 saturated carbocycles. The summed E-state index contributed by atoms with van der Waals surface area (Å²) in [6.45, 7) is 7.34. The minimum Gasteiger partial charge on any atom is -0.355 e. The Bertz CT molecular complexity index is 435. The van der Waals surface area contributed by atoms with E-state index in [4.69, 9.17) is 0 Å². The average molecular weight is 309 g/mol. The van der Waals surface area contributed by atoms with E-state index in [0.717, 1.165) is 30.6 Å². The lowest BCUT2D eigenvalue weighted by Crippen LogP contribution is -2.41. The van der Waals surface area contributed by atoms with Crippen molar-refractivity contribution < 1.29 is 0 Å². The molecule has 0 radical (unpaired) electrons. The third kappa shape index (κ3) is 6.01. The maximum absolute atomic E-state index is 4.35. The van der Waals surface area contributed by atoms with Crippen LogP contribution in [0, 0.1) is 6.92 Å². The first-order chi connectivity index (χ1) is 10.3. The molecule has 21 heavy (non-hydrogen) atoms. The van der Waals surface area contributed by atoms with Gasteiger partial charge in [0.25, 0.3) is 0 Å². The molecule has 1 aliphatic rings. The zero-order valence-corrected chi connectivity index (χ0v) is 14.0. The Labute approximate surface area is 131 Å². The highest BCUT2D eigenvalue weighted by molar-refractivity contribution is 7.11. The average Bonchev–Trinajstić information content (AvgIpc) is 2.75. The van der Waals surface area contributed by atoms with E-state index in [1.807, 2.05) is 13.2 Å². The second-order valence-corrected chi connectivity index (χ2v) is 6.79. The number of nitrogens with one attached hydrogen (secondary N) is 2. The SMILES string of the molecule is CN=C(NCCN1CCCCCC1)NCc1ncc(C)s1. The molecule has 0 bridgehead atoms.